The predicted octanol–water partition coefficient (Wildman–Crippen LogP) is 3.49. The molecule has 1 aromatic carbocycles. The summed E-state index contributed by atoms with van der Waals surface area (Å²) in [5, 5.41) is 12.5. The number of carboxylic acid groups (broad SMARTS) is 1. The molecule has 0 saturated carbocycles. The van der Waals surface area contributed by atoms with E-state index < -0.39 is 28.2 Å². The maximum absolute atomic E-state index is 13.8. The first kappa shape index (κ1) is 20.5. The Morgan fingerprint density at radius 1 is 1.16 bits per heavy atom. The van der Waals surface area contributed by atoms with E-state index in [-0.39, 0.29) is 27.1 Å². The largest absolute Gasteiger partial charge is 0.481 e. The van der Waals surface area contributed by atoms with Crippen LogP contribution < -0.4 is 5.32 Å². The molecule has 0 atom stereocenters. The highest BCUT2D eigenvalue weighted by molar-refractivity contribution is 7.90. The summed E-state index contributed by atoms with van der Waals surface area (Å²) < 4.78 is 41.6. The smallest absolute Gasteiger partial charge is 0.307 e. The first-order chi connectivity index (χ1) is 14.8. The third kappa shape index (κ3) is 3.84. The average Bonchev–Trinajstić information content (AvgIpc) is 3.00. The van der Waals surface area contributed by atoms with E-state index in [1.54, 1.807) is 24.5 Å². The summed E-state index contributed by atoms with van der Waals surface area (Å²) in [6.07, 6.45) is 4.00. The molecule has 0 aliphatic carbocycles. The number of benzene rings is 1. The van der Waals surface area contributed by atoms with E-state index in [9.17, 15) is 22.7 Å². The SMILES string of the molecule is Cc1c(CC(=O)O)c2cc(F)ccc2n1S(=O)(=O)c1ccc(Nc2ccncc2)nc1. The van der Waals surface area contributed by atoms with Crippen molar-refractivity contribution >= 4 is 38.4 Å². The number of halogens is 1. The van der Waals surface area contributed by atoms with Crippen LogP contribution in [0, 0.1) is 12.7 Å². The number of pyridine rings is 2. The number of fused-ring (bicyclic) bond motifs is 1. The van der Waals surface area contributed by atoms with Gasteiger partial charge in [-0.15, -0.1) is 0 Å². The third-order valence-electron chi connectivity index (χ3n) is 4.80. The number of carbonyl (C=O) groups is 1. The number of aromatic nitrogens is 3. The lowest BCUT2D eigenvalue weighted by atomic mass is 10.1. The Hall–Kier alpha value is -3.79. The van der Waals surface area contributed by atoms with Crippen molar-refractivity contribution in [3.8, 4) is 0 Å². The van der Waals surface area contributed by atoms with E-state index in [0.29, 0.717) is 5.82 Å². The molecule has 0 saturated heterocycles. The van der Waals surface area contributed by atoms with Gasteiger partial charge in [0.25, 0.3) is 10.0 Å². The van der Waals surface area contributed by atoms with Crippen molar-refractivity contribution < 1.29 is 22.7 Å². The van der Waals surface area contributed by atoms with E-state index in [2.05, 4.69) is 15.3 Å². The number of aliphatic carboxylic acids is 1. The van der Waals surface area contributed by atoms with Gasteiger partial charge in [0.2, 0.25) is 0 Å². The topological polar surface area (TPSA) is 114 Å². The van der Waals surface area contributed by atoms with E-state index in [4.69, 9.17) is 0 Å². The van der Waals surface area contributed by atoms with E-state index >= 15 is 0 Å². The van der Waals surface area contributed by atoms with Crippen molar-refractivity contribution in [1.82, 2.24) is 13.9 Å². The van der Waals surface area contributed by atoms with Gasteiger partial charge in [-0.1, -0.05) is 0 Å². The van der Waals surface area contributed by atoms with Crippen LogP contribution in [0.4, 0.5) is 15.9 Å². The van der Waals surface area contributed by atoms with Crippen molar-refractivity contribution in [3.63, 3.8) is 0 Å². The maximum atomic E-state index is 13.8. The monoisotopic (exact) mass is 440 g/mol. The normalized spacial score (nSPS) is 11.5. The minimum absolute atomic E-state index is 0.0843. The van der Waals surface area contributed by atoms with Crippen LogP contribution >= 0.6 is 0 Å². The number of rotatable bonds is 6. The highest BCUT2D eigenvalue weighted by Gasteiger charge is 2.26. The Labute approximate surface area is 177 Å². The predicted molar refractivity (Wildman–Crippen MR) is 112 cm³/mol. The van der Waals surface area contributed by atoms with Crippen LogP contribution in [-0.4, -0.2) is 33.4 Å². The molecule has 10 heteroatoms. The second-order valence-corrected chi connectivity index (χ2v) is 8.59. The molecule has 0 aliphatic heterocycles. The van der Waals surface area contributed by atoms with Crippen molar-refractivity contribution in [2.24, 2.45) is 0 Å². The van der Waals surface area contributed by atoms with E-state index in [1.165, 1.54) is 31.3 Å². The highest BCUT2D eigenvalue weighted by Crippen LogP contribution is 2.31. The van der Waals surface area contributed by atoms with Crippen LogP contribution in [0.2, 0.25) is 0 Å². The molecular weight excluding hydrogens is 423 g/mol. The molecule has 0 unspecified atom stereocenters. The second kappa shape index (κ2) is 7.80. The Balaban J connectivity index is 1.78. The van der Waals surface area contributed by atoms with Gasteiger partial charge in [-0.25, -0.2) is 21.8 Å². The summed E-state index contributed by atoms with van der Waals surface area (Å²) in [5.41, 5.74) is 1.40. The second-order valence-electron chi connectivity index (χ2n) is 6.81. The van der Waals surface area contributed by atoms with Gasteiger partial charge in [-0.2, -0.15) is 0 Å². The molecule has 4 rings (SSSR count). The molecular formula is C21H17FN4O4S. The minimum atomic E-state index is -4.11. The summed E-state index contributed by atoms with van der Waals surface area (Å²) in [7, 11) is -4.11. The van der Waals surface area contributed by atoms with Crippen LogP contribution in [0.25, 0.3) is 10.9 Å². The quantitative estimate of drug-likeness (QED) is 0.472. The van der Waals surface area contributed by atoms with Crippen molar-refractivity contribution in [1.29, 1.82) is 0 Å². The summed E-state index contributed by atoms with van der Waals surface area (Å²) in [5.74, 6) is -1.29. The van der Waals surface area contributed by atoms with Gasteiger partial charge in [-0.05, 0) is 55.0 Å². The van der Waals surface area contributed by atoms with Crippen molar-refractivity contribution in [2.75, 3.05) is 5.32 Å². The Morgan fingerprint density at radius 2 is 1.90 bits per heavy atom. The molecule has 31 heavy (non-hydrogen) atoms. The number of carboxylic acids is 1. The molecule has 0 aliphatic rings. The van der Waals surface area contributed by atoms with Crippen molar-refractivity contribution in [3.05, 3.63) is 78.1 Å². The molecule has 8 nitrogen and oxygen atoms in total. The number of nitrogens with one attached hydrogen (secondary N) is 1. The van der Waals surface area contributed by atoms with Crippen LogP contribution in [0.5, 0.6) is 0 Å². The van der Waals surface area contributed by atoms with Gasteiger partial charge in [0.05, 0.1) is 11.9 Å². The zero-order valence-electron chi connectivity index (χ0n) is 16.3. The Kier molecular flexibility index (Phi) is 5.15. The van der Waals surface area contributed by atoms with Gasteiger partial charge in [-0.3, -0.25) is 9.78 Å². The molecule has 158 valence electrons. The molecule has 3 aromatic heterocycles. The van der Waals surface area contributed by atoms with Gasteiger partial charge < -0.3 is 10.4 Å². The fourth-order valence-electron chi connectivity index (χ4n) is 3.40. The first-order valence-corrected chi connectivity index (χ1v) is 10.6. The average molecular weight is 440 g/mol. The molecule has 0 fully saturated rings. The molecule has 3 heterocycles. The van der Waals surface area contributed by atoms with Crippen molar-refractivity contribution in [2.45, 2.75) is 18.2 Å². The number of hydrogen-bond donors (Lipinski definition) is 2. The fraction of sp³-hybridized carbons (Fsp3) is 0.0952. The molecule has 0 bridgehead atoms. The first-order valence-electron chi connectivity index (χ1n) is 9.17. The van der Waals surface area contributed by atoms with Gasteiger partial charge in [0.1, 0.15) is 16.5 Å². The standard InChI is InChI=1S/C21H17FN4O4S/c1-13-17(11-21(27)28)18-10-14(22)2-4-19(18)26(13)31(29,30)16-3-5-20(24-12-16)25-15-6-8-23-9-7-15/h2-10,12H,11H2,1H3,(H,27,28)(H,23,24,25). The molecule has 0 radical (unpaired) electrons. The minimum Gasteiger partial charge on any atom is -0.481 e. The fourth-order valence-corrected chi connectivity index (χ4v) is 4.93. The zero-order chi connectivity index (χ0) is 22.2. The van der Waals surface area contributed by atoms with Crippen LogP contribution in [-0.2, 0) is 21.2 Å². The lowest BCUT2D eigenvalue weighted by molar-refractivity contribution is -0.136. The van der Waals surface area contributed by atoms with Gasteiger partial charge in [0.15, 0.2) is 0 Å². The number of hydrogen-bond acceptors (Lipinski definition) is 6. The highest BCUT2D eigenvalue weighted by atomic mass is 32.2. The molecule has 0 amide bonds. The van der Waals surface area contributed by atoms with Gasteiger partial charge >= 0.3 is 5.97 Å². The molecule has 4 aromatic rings. The lowest BCUT2D eigenvalue weighted by Crippen LogP contribution is -2.15. The Morgan fingerprint density at radius 3 is 2.55 bits per heavy atom. The summed E-state index contributed by atoms with van der Waals surface area (Å²) in [6.45, 7) is 1.50. The number of nitrogens with zero attached hydrogens (tertiary/aromatic N) is 3. The number of anilines is 2. The lowest BCUT2D eigenvalue weighted by Gasteiger charge is -2.11. The van der Waals surface area contributed by atoms with Crippen LogP contribution in [0.3, 0.4) is 0 Å². The third-order valence-corrected chi connectivity index (χ3v) is 6.59. The van der Waals surface area contributed by atoms with Crippen LogP contribution in [0.15, 0.2) is 66.0 Å². The Bertz CT molecular complexity index is 1380. The van der Waals surface area contributed by atoms with E-state index in [1.807, 2.05) is 0 Å². The molecule has 0 spiro atoms. The maximum Gasteiger partial charge on any atom is 0.307 e. The summed E-state index contributed by atoms with van der Waals surface area (Å²) >= 11 is 0. The summed E-state index contributed by atoms with van der Waals surface area (Å²) in [6, 6.07) is 10.0. The summed E-state index contributed by atoms with van der Waals surface area (Å²) in [4.78, 5) is 19.3. The van der Waals surface area contributed by atoms with E-state index in [0.717, 1.165) is 21.8 Å². The van der Waals surface area contributed by atoms with Crippen LogP contribution in [0.1, 0.15) is 11.3 Å². The zero-order valence-corrected chi connectivity index (χ0v) is 17.1. The van der Waals surface area contributed by atoms with Gasteiger partial charge in [0, 0.05) is 35.4 Å². The molecule has 2 N–H and O–H groups in total.